The molecule has 0 radical (unpaired) electrons. The number of hydrogen-bond acceptors (Lipinski definition) is 4. The molecule has 2 heterocycles. The number of aryl methyl sites for hydroxylation is 1. The largest absolute Gasteiger partial charge is 0.322 e. The molecule has 2 aromatic carbocycles. The van der Waals surface area contributed by atoms with E-state index in [1.54, 1.807) is 25.3 Å². The predicted octanol–water partition coefficient (Wildman–Crippen LogP) is 4.65. The molecule has 1 N–H and O–H groups in total. The summed E-state index contributed by atoms with van der Waals surface area (Å²) in [6.45, 7) is 3.39. The minimum atomic E-state index is -0.362. The number of carbonyl (C=O) groups excluding carboxylic acids is 1. The number of benzene rings is 2. The van der Waals surface area contributed by atoms with Gasteiger partial charge in [-0.25, -0.2) is 18.7 Å². The Morgan fingerprint density at radius 2 is 1.77 bits per heavy atom. The lowest BCUT2D eigenvalue weighted by Crippen LogP contribution is -2.25. The van der Waals surface area contributed by atoms with Crippen molar-refractivity contribution < 1.29 is 13.6 Å². The summed E-state index contributed by atoms with van der Waals surface area (Å²) < 4.78 is 26.2. The van der Waals surface area contributed by atoms with E-state index in [0.29, 0.717) is 29.3 Å². The van der Waals surface area contributed by atoms with Crippen LogP contribution in [0, 0.1) is 18.6 Å². The molecule has 1 atom stereocenters. The Morgan fingerprint density at radius 1 is 1.10 bits per heavy atom. The van der Waals surface area contributed by atoms with Gasteiger partial charge in [-0.15, -0.1) is 0 Å². The van der Waals surface area contributed by atoms with Crippen LogP contribution in [0.15, 0.2) is 54.7 Å². The lowest BCUT2D eigenvalue weighted by molar-refractivity contribution is 0.102. The maximum absolute atomic E-state index is 13.2. The van der Waals surface area contributed by atoms with Crippen LogP contribution in [-0.4, -0.2) is 27.3 Å². The third-order valence-corrected chi connectivity index (χ3v) is 5.31. The molecule has 1 fully saturated rings. The zero-order chi connectivity index (χ0) is 21.1. The second kappa shape index (κ2) is 8.67. The molecule has 30 heavy (non-hydrogen) atoms. The number of hydrogen-bond donors (Lipinski definition) is 1. The topological polar surface area (TPSA) is 58.1 Å². The first-order valence-electron chi connectivity index (χ1n) is 9.88. The van der Waals surface area contributed by atoms with Crippen molar-refractivity contribution in [2.24, 2.45) is 0 Å². The Hall–Kier alpha value is -3.19. The molecule has 4 rings (SSSR count). The summed E-state index contributed by atoms with van der Waals surface area (Å²) in [5.41, 5.74) is 2.51. The average Bonchev–Trinajstić information content (AvgIpc) is 3.19. The van der Waals surface area contributed by atoms with E-state index in [1.807, 2.05) is 0 Å². The van der Waals surface area contributed by atoms with E-state index in [2.05, 4.69) is 20.2 Å². The summed E-state index contributed by atoms with van der Waals surface area (Å²) in [6, 6.07) is 12.2. The highest BCUT2D eigenvalue weighted by Crippen LogP contribution is 2.31. The fourth-order valence-corrected chi connectivity index (χ4v) is 3.73. The molecule has 1 aliphatic rings. The van der Waals surface area contributed by atoms with Crippen LogP contribution >= 0.6 is 0 Å². The van der Waals surface area contributed by atoms with E-state index in [-0.39, 0.29) is 23.6 Å². The lowest BCUT2D eigenvalue weighted by Gasteiger charge is -2.23. The summed E-state index contributed by atoms with van der Waals surface area (Å²) >= 11 is 0. The normalized spacial score (nSPS) is 16.6. The van der Waals surface area contributed by atoms with E-state index in [1.165, 1.54) is 36.4 Å². The SMILES string of the molecule is Cc1nc(C2CCCN2Cc2ccc(F)cc2)ncc1C(=O)Nc1ccc(F)cc1. The Morgan fingerprint density at radius 3 is 2.43 bits per heavy atom. The van der Waals surface area contributed by atoms with Crippen LogP contribution in [0.5, 0.6) is 0 Å². The highest BCUT2D eigenvalue weighted by atomic mass is 19.1. The number of amides is 1. The maximum atomic E-state index is 13.2. The monoisotopic (exact) mass is 408 g/mol. The molecule has 1 saturated heterocycles. The molecule has 0 aliphatic carbocycles. The Kier molecular flexibility index (Phi) is 5.81. The molecular weight excluding hydrogens is 386 g/mol. The van der Waals surface area contributed by atoms with Crippen LogP contribution in [0.4, 0.5) is 14.5 Å². The number of nitrogens with zero attached hydrogens (tertiary/aromatic N) is 3. The fraction of sp³-hybridized carbons (Fsp3) is 0.261. The summed E-state index contributed by atoms with van der Waals surface area (Å²) in [6.07, 6.45) is 3.51. The number of rotatable bonds is 5. The molecule has 1 amide bonds. The van der Waals surface area contributed by atoms with Gasteiger partial charge in [0.05, 0.1) is 17.3 Å². The first-order valence-corrected chi connectivity index (χ1v) is 9.88. The van der Waals surface area contributed by atoms with Gasteiger partial charge >= 0.3 is 0 Å². The number of anilines is 1. The first-order chi connectivity index (χ1) is 14.5. The summed E-state index contributed by atoms with van der Waals surface area (Å²) in [5, 5.41) is 2.73. The van der Waals surface area contributed by atoms with Crippen molar-refractivity contribution >= 4 is 11.6 Å². The van der Waals surface area contributed by atoms with E-state index >= 15 is 0 Å². The third-order valence-electron chi connectivity index (χ3n) is 5.31. The quantitative estimate of drug-likeness (QED) is 0.668. The number of likely N-dealkylation sites (tertiary alicyclic amines) is 1. The van der Waals surface area contributed by atoms with E-state index in [4.69, 9.17) is 0 Å². The van der Waals surface area contributed by atoms with Crippen molar-refractivity contribution in [2.45, 2.75) is 32.4 Å². The van der Waals surface area contributed by atoms with Crippen molar-refractivity contribution in [1.29, 1.82) is 0 Å². The van der Waals surface area contributed by atoms with E-state index in [9.17, 15) is 13.6 Å². The molecule has 1 aliphatic heterocycles. The van der Waals surface area contributed by atoms with Gasteiger partial charge in [0.2, 0.25) is 0 Å². The molecule has 0 bridgehead atoms. The van der Waals surface area contributed by atoms with Gasteiger partial charge in [0.25, 0.3) is 5.91 Å². The van der Waals surface area contributed by atoms with Crippen LogP contribution < -0.4 is 5.32 Å². The summed E-state index contributed by atoms with van der Waals surface area (Å²) in [4.78, 5) is 23.9. The number of nitrogens with one attached hydrogen (secondary N) is 1. The zero-order valence-corrected chi connectivity index (χ0v) is 16.6. The second-order valence-corrected chi connectivity index (χ2v) is 7.44. The molecular formula is C23H22F2N4O. The van der Waals surface area contributed by atoms with Crippen LogP contribution in [0.3, 0.4) is 0 Å². The van der Waals surface area contributed by atoms with Crippen molar-refractivity contribution in [2.75, 3.05) is 11.9 Å². The molecule has 1 unspecified atom stereocenters. The van der Waals surface area contributed by atoms with Gasteiger partial charge in [0, 0.05) is 18.4 Å². The number of carbonyl (C=O) groups is 1. The smallest absolute Gasteiger partial charge is 0.259 e. The Bertz CT molecular complexity index is 1040. The minimum absolute atomic E-state index is 0.0583. The van der Waals surface area contributed by atoms with Gasteiger partial charge in [-0.3, -0.25) is 9.69 Å². The van der Waals surface area contributed by atoms with Gasteiger partial charge in [-0.2, -0.15) is 0 Å². The summed E-state index contributed by atoms with van der Waals surface area (Å²) in [5.74, 6) is -0.255. The number of aromatic nitrogens is 2. The third kappa shape index (κ3) is 4.52. The van der Waals surface area contributed by atoms with Gasteiger partial charge in [0.15, 0.2) is 0 Å². The van der Waals surface area contributed by atoms with Gasteiger partial charge in [-0.05, 0) is 68.3 Å². The highest BCUT2D eigenvalue weighted by Gasteiger charge is 2.29. The Balaban J connectivity index is 1.48. The second-order valence-electron chi connectivity index (χ2n) is 7.44. The number of halogens is 2. The molecule has 3 aromatic rings. The molecule has 154 valence electrons. The highest BCUT2D eigenvalue weighted by molar-refractivity contribution is 6.04. The van der Waals surface area contributed by atoms with Crippen LogP contribution in [-0.2, 0) is 6.54 Å². The zero-order valence-electron chi connectivity index (χ0n) is 16.6. The van der Waals surface area contributed by atoms with Gasteiger partial charge in [0.1, 0.15) is 17.5 Å². The van der Waals surface area contributed by atoms with Crippen molar-refractivity contribution in [1.82, 2.24) is 14.9 Å². The molecule has 5 nitrogen and oxygen atoms in total. The van der Waals surface area contributed by atoms with Crippen LogP contribution in [0.25, 0.3) is 0 Å². The fourth-order valence-electron chi connectivity index (χ4n) is 3.73. The molecule has 1 aromatic heterocycles. The molecule has 0 saturated carbocycles. The molecule has 0 spiro atoms. The first kappa shape index (κ1) is 20.1. The van der Waals surface area contributed by atoms with Gasteiger partial charge < -0.3 is 5.32 Å². The lowest BCUT2D eigenvalue weighted by atomic mass is 10.1. The maximum Gasteiger partial charge on any atom is 0.259 e. The average molecular weight is 408 g/mol. The van der Waals surface area contributed by atoms with E-state index < -0.39 is 0 Å². The molecule has 7 heteroatoms. The van der Waals surface area contributed by atoms with E-state index in [0.717, 1.165) is 24.9 Å². The minimum Gasteiger partial charge on any atom is -0.322 e. The van der Waals surface area contributed by atoms with Crippen molar-refractivity contribution in [3.05, 3.63) is 89.0 Å². The predicted molar refractivity (Wildman–Crippen MR) is 110 cm³/mol. The Labute approximate surface area is 173 Å². The van der Waals surface area contributed by atoms with Crippen molar-refractivity contribution in [3.63, 3.8) is 0 Å². The van der Waals surface area contributed by atoms with Gasteiger partial charge in [-0.1, -0.05) is 12.1 Å². The summed E-state index contributed by atoms with van der Waals surface area (Å²) in [7, 11) is 0. The van der Waals surface area contributed by atoms with Crippen molar-refractivity contribution in [3.8, 4) is 0 Å². The van der Waals surface area contributed by atoms with Crippen LogP contribution in [0.1, 0.15) is 46.3 Å². The van der Waals surface area contributed by atoms with Crippen LogP contribution in [0.2, 0.25) is 0 Å². The standard InChI is InChI=1S/C23H22F2N4O/c1-15-20(23(30)28-19-10-8-18(25)9-11-19)13-26-22(27-15)21-3-2-12-29(21)14-16-4-6-17(24)7-5-16/h4-11,13,21H,2-3,12,14H2,1H3,(H,28,30).